The van der Waals surface area contributed by atoms with Crippen molar-refractivity contribution in [2.45, 2.75) is 51.2 Å². The van der Waals surface area contributed by atoms with Crippen molar-refractivity contribution >= 4 is 17.8 Å². The predicted molar refractivity (Wildman–Crippen MR) is 88.6 cm³/mol. The molecule has 0 aromatic heterocycles. The Hall–Kier alpha value is -2.37. The van der Waals surface area contributed by atoms with Crippen LogP contribution in [0.15, 0.2) is 30.3 Å². The largest absolute Gasteiger partial charge is 0.461 e. The van der Waals surface area contributed by atoms with Crippen molar-refractivity contribution < 1.29 is 19.1 Å². The van der Waals surface area contributed by atoms with Gasteiger partial charge in [-0.25, -0.2) is 0 Å². The molecule has 24 heavy (non-hydrogen) atoms. The van der Waals surface area contributed by atoms with Crippen molar-refractivity contribution in [1.82, 2.24) is 5.32 Å². The van der Waals surface area contributed by atoms with Crippen molar-refractivity contribution in [3.05, 3.63) is 35.9 Å². The smallest absolute Gasteiger partial charge is 0.308 e. The van der Waals surface area contributed by atoms with Crippen LogP contribution in [0.5, 0.6) is 0 Å². The molecule has 0 heterocycles. The van der Waals surface area contributed by atoms with Crippen LogP contribution in [0.4, 0.5) is 0 Å². The number of nitrogens with two attached hydrogens (primary N) is 1. The van der Waals surface area contributed by atoms with Gasteiger partial charge in [0.05, 0.1) is 6.42 Å². The summed E-state index contributed by atoms with van der Waals surface area (Å²) in [7, 11) is 0. The van der Waals surface area contributed by atoms with E-state index >= 15 is 0 Å². The van der Waals surface area contributed by atoms with E-state index < -0.39 is 17.9 Å². The summed E-state index contributed by atoms with van der Waals surface area (Å²) in [5, 5.41) is 2.60. The zero-order chi connectivity index (χ0) is 17.4. The minimum Gasteiger partial charge on any atom is -0.461 e. The average Bonchev–Trinajstić information content (AvgIpc) is 2.61. The summed E-state index contributed by atoms with van der Waals surface area (Å²) in [4.78, 5) is 35.6. The van der Waals surface area contributed by atoms with E-state index in [0.29, 0.717) is 0 Å². The van der Waals surface area contributed by atoms with E-state index in [1.165, 1.54) is 0 Å². The van der Waals surface area contributed by atoms with E-state index in [1.54, 1.807) is 0 Å². The zero-order valence-electron chi connectivity index (χ0n) is 13.7. The molecule has 1 saturated carbocycles. The molecule has 0 aliphatic heterocycles. The fourth-order valence-electron chi connectivity index (χ4n) is 2.84. The van der Waals surface area contributed by atoms with Gasteiger partial charge in [0.1, 0.15) is 12.6 Å². The first-order valence-corrected chi connectivity index (χ1v) is 8.35. The van der Waals surface area contributed by atoms with Gasteiger partial charge in [-0.15, -0.1) is 0 Å². The van der Waals surface area contributed by atoms with E-state index in [9.17, 15) is 14.4 Å². The second kappa shape index (κ2) is 9.05. The summed E-state index contributed by atoms with van der Waals surface area (Å²) in [6.07, 6.45) is 4.54. The zero-order valence-corrected chi connectivity index (χ0v) is 13.7. The van der Waals surface area contributed by atoms with Crippen molar-refractivity contribution in [2.75, 3.05) is 0 Å². The summed E-state index contributed by atoms with van der Waals surface area (Å²) in [5.74, 6) is -1.59. The number of hydrogen-bond acceptors (Lipinski definition) is 4. The van der Waals surface area contributed by atoms with Crippen LogP contribution in [-0.2, 0) is 25.7 Å². The van der Waals surface area contributed by atoms with Gasteiger partial charge in [-0.05, 0) is 18.4 Å². The minimum atomic E-state index is -1.03. The first-order valence-electron chi connectivity index (χ1n) is 8.35. The number of rotatable bonds is 7. The van der Waals surface area contributed by atoms with E-state index in [-0.39, 0.29) is 24.9 Å². The van der Waals surface area contributed by atoms with Gasteiger partial charge in [0.2, 0.25) is 11.8 Å². The van der Waals surface area contributed by atoms with Crippen LogP contribution in [0.25, 0.3) is 0 Å². The number of primary amides is 1. The number of amides is 2. The number of benzene rings is 1. The first kappa shape index (κ1) is 18.0. The number of esters is 1. The number of carbonyl (C=O) groups excluding carboxylic acids is 3. The molecule has 1 fully saturated rings. The normalized spacial score (nSPS) is 16.2. The van der Waals surface area contributed by atoms with Gasteiger partial charge in [0, 0.05) is 5.92 Å². The van der Waals surface area contributed by atoms with Crippen molar-refractivity contribution in [2.24, 2.45) is 11.7 Å². The maximum absolute atomic E-state index is 12.2. The second-order valence-electron chi connectivity index (χ2n) is 6.15. The molecule has 0 saturated heterocycles. The molecule has 2 rings (SSSR count). The standard InChI is InChI=1S/C18H24N2O4/c19-17(22)15(20-18(23)14-9-5-2-6-10-14)11-16(21)24-12-13-7-3-1-4-8-13/h1,3-4,7-8,14-15H,2,5-6,9-12H2,(H2,19,22)(H,20,23)/t15-/m1/s1. The molecule has 0 bridgehead atoms. The van der Waals surface area contributed by atoms with Crippen LogP contribution in [0, 0.1) is 5.92 Å². The van der Waals surface area contributed by atoms with Crippen LogP contribution >= 0.6 is 0 Å². The Morgan fingerprint density at radius 3 is 2.42 bits per heavy atom. The number of nitrogens with one attached hydrogen (secondary N) is 1. The summed E-state index contributed by atoms with van der Waals surface area (Å²) in [5.41, 5.74) is 6.16. The molecular formula is C18H24N2O4. The third-order valence-electron chi connectivity index (χ3n) is 4.25. The topological polar surface area (TPSA) is 98.5 Å². The molecule has 1 aromatic carbocycles. The molecule has 6 nitrogen and oxygen atoms in total. The molecule has 130 valence electrons. The summed E-state index contributed by atoms with van der Waals surface area (Å²) < 4.78 is 5.14. The van der Waals surface area contributed by atoms with Crippen LogP contribution < -0.4 is 11.1 Å². The van der Waals surface area contributed by atoms with Gasteiger partial charge < -0.3 is 15.8 Å². The molecular weight excluding hydrogens is 308 g/mol. The van der Waals surface area contributed by atoms with Crippen LogP contribution in [0.1, 0.15) is 44.1 Å². The fraction of sp³-hybridized carbons (Fsp3) is 0.500. The Bertz CT molecular complexity index is 568. The van der Waals surface area contributed by atoms with Gasteiger partial charge in [-0.3, -0.25) is 14.4 Å². The quantitative estimate of drug-likeness (QED) is 0.742. The van der Waals surface area contributed by atoms with Crippen molar-refractivity contribution in [3.63, 3.8) is 0 Å². The fourth-order valence-corrected chi connectivity index (χ4v) is 2.84. The molecule has 1 aromatic rings. The van der Waals surface area contributed by atoms with E-state index in [0.717, 1.165) is 37.7 Å². The minimum absolute atomic E-state index is 0.0964. The Labute approximate surface area is 141 Å². The summed E-state index contributed by atoms with van der Waals surface area (Å²) >= 11 is 0. The molecule has 2 amide bonds. The molecule has 0 radical (unpaired) electrons. The third kappa shape index (κ3) is 5.68. The summed E-state index contributed by atoms with van der Waals surface area (Å²) in [6.45, 7) is 0.127. The molecule has 0 spiro atoms. The van der Waals surface area contributed by atoms with E-state index in [4.69, 9.17) is 10.5 Å². The first-order chi connectivity index (χ1) is 11.6. The molecule has 1 aliphatic rings. The highest BCUT2D eigenvalue weighted by atomic mass is 16.5. The number of carbonyl (C=O) groups is 3. The maximum atomic E-state index is 12.2. The lowest BCUT2D eigenvalue weighted by atomic mass is 9.88. The van der Waals surface area contributed by atoms with Gasteiger partial charge in [-0.2, -0.15) is 0 Å². The predicted octanol–water partition coefficient (Wildman–Crippen LogP) is 1.67. The lowest BCUT2D eigenvalue weighted by Crippen LogP contribution is -2.48. The molecule has 0 unspecified atom stereocenters. The number of ether oxygens (including phenoxy) is 1. The van der Waals surface area contributed by atoms with Crippen LogP contribution in [0.3, 0.4) is 0 Å². The van der Waals surface area contributed by atoms with Crippen molar-refractivity contribution in [3.8, 4) is 0 Å². The van der Waals surface area contributed by atoms with Crippen LogP contribution in [0.2, 0.25) is 0 Å². The Kier molecular flexibility index (Phi) is 6.78. The molecule has 6 heteroatoms. The highest BCUT2D eigenvalue weighted by Gasteiger charge is 2.27. The Morgan fingerprint density at radius 1 is 1.12 bits per heavy atom. The van der Waals surface area contributed by atoms with E-state index in [1.807, 2.05) is 30.3 Å². The molecule has 1 aliphatic carbocycles. The van der Waals surface area contributed by atoms with Crippen LogP contribution in [-0.4, -0.2) is 23.8 Å². The third-order valence-corrected chi connectivity index (χ3v) is 4.25. The number of hydrogen-bond donors (Lipinski definition) is 2. The van der Waals surface area contributed by atoms with Gasteiger partial charge in [0.25, 0.3) is 0 Å². The SMILES string of the molecule is NC(=O)[C@@H](CC(=O)OCc1ccccc1)NC(=O)C1CCCCC1. The average molecular weight is 332 g/mol. The van der Waals surface area contributed by atoms with E-state index in [2.05, 4.69) is 5.32 Å². The lowest BCUT2D eigenvalue weighted by molar-refractivity contribution is -0.147. The molecule has 1 atom stereocenters. The lowest BCUT2D eigenvalue weighted by Gasteiger charge is -2.23. The van der Waals surface area contributed by atoms with Gasteiger partial charge in [-0.1, -0.05) is 49.6 Å². The monoisotopic (exact) mass is 332 g/mol. The highest BCUT2D eigenvalue weighted by molar-refractivity contribution is 5.90. The Balaban J connectivity index is 1.82. The Morgan fingerprint density at radius 2 is 1.79 bits per heavy atom. The highest BCUT2D eigenvalue weighted by Crippen LogP contribution is 2.23. The molecule has 3 N–H and O–H groups in total. The van der Waals surface area contributed by atoms with Crippen molar-refractivity contribution in [1.29, 1.82) is 0 Å². The van der Waals surface area contributed by atoms with Gasteiger partial charge >= 0.3 is 5.97 Å². The van der Waals surface area contributed by atoms with Gasteiger partial charge in [0.15, 0.2) is 0 Å². The second-order valence-corrected chi connectivity index (χ2v) is 6.15. The maximum Gasteiger partial charge on any atom is 0.308 e. The summed E-state index contributed by atoms with van der Waals surface area (Å²) in [6, 6.07) is 8.21.